The van der Waals surface area contributed by atoms with Gasteiger partial charge in [-0.3, -0.25) is 0 Å². The standard InChI is InChI=1S/C15H14N2O/c16-9-8-14-13-10-12(6-7-15(13)18-17-14)11-4-2-1-3-5-11/h1-7,10H,8-9,16H2. The van der Waals surface area contributed by atoms with E-state index in [1.54, 1.807) is 0 Å². The Bertz CT molecular complexity index is 659. The minimum absolute atomic E-state index is 0.581. The fourth-order valence-electron chi connectivity index (χ4n) is 2.12. The van der Waals surface area contributed by atoms with Crippen LogP contribution in [0.4, 0.5) is 0 Å². The summed E-state index contributed by atoms with van der Waals surface area (Å²) in [5, 5.41) is 5.12. The highest BCUT2D eigenvalue weighted by Crippen LogP contribution is 2.26. The molecule has 0 fully saturated rings. The number of rotatable bonds is 3. The van der Waals surface area contributed by atoms with E-state index in [2.05, 4.69) is 29.4 Å². The maximum atomic E-state index is 5.58. The van der Waals surface area contributed by atoms with Crippen molar-refractivity contribution in [3.8, 4) is 11.1 Å². The Morgan fingerprint density at radius 1 is 1.00 bits per heavy atom. The van der Waals surface area contributed by atoms with E-state index in [0.717, 1.165) is 23.1 Å². The predicted octanol–water partition coefficient (Wildman–Crippen LogP) is 3.00. The lowest BCUT2D eigenvalue weighted by Gasteiger charge is -2.01. The van der Waals surface area contributed by atoms with Crippen molar-refractivity contribution in [1.82, 2.24) is 5.16 Å². The van der Waals surface area contributed by atoms with Gasteiger partial charge in [0.1, 0.15) is 0 Å². The molecule has 0 unspecified atom stereocenters. The SMILES string of the molecule is NCCc1noc2ccc(-c3ccccc3)cc12. The zero-order valence-electron chi connectivity index (χ0n) is 9.97. The summed E-state index contributed by atoms with van der Waals surface area (Å²) in [5.41, 5.74) is 9.70. The van der Waals surface area contributed by atoms with Crippen LogP contribution in [-0.4, -0.2) is 11.7 Å². The Morgan fingerprint density at radius 3 is 2.61 bits per heavy atom. The van der Waals surface area contributed by atoms with Gasteiger partial charge in [-0.1, -0.05) is 41.6 Å². The molecule has 0 saturated heterocycles. The highest BCUT2D eigenvalue weighted by atomic mass is 16.5. The number of hydrogen-bond acceptors (Lipinski definition) is 3. The molecule has 0 bridgehead atoms. The molecule has 2 aromatic carbocycles. The molecule has 18 heavy (non-hydrogen) atoms. The van der Waals surface area contributed by atoms with Gasteiger partial charge in [-0.2, -0.15) is 0 Å². The molecule has 90 valence electrons. The fourth-order valence-corrected chi connectivity index (χ4v) is 2.12. The average Bonchev–Trinajstić information content (AvgIpc) is 2.83. The van der Waals surface area contributed by atoms with E-state index in [9.17, 15) is 0 Å². The maximum Gasteiger partial charge on any atom is 0.167 e. The van der Waals surface area contributed by atoms with Gasteiger partial charge in [-0.15, -0.1) is 0 Å². The van der Waals surface area contributed by atoms with E-state index in [1.165, 1.54) is 11.1 Å². The van der Waals surface area contributed by atoms with Crippen molar-refractivity contribution >= 4 is 11.0 Å². The lowest BCUT2D eigenvalue weighted by Crippen LogP contribution is -2.02. The summed E-state index contributed by atoms with van der Waals surface area (Å²) in [6.45, 7) is 0.581. The van der Waals surface area contributed by atoms with Crippen LogP contribution in [0.2, 0.25) is 0 Å². The largest absolute Gasteiger partial charge is 0.356 e. The molecule has 1 heterocycles. The van der Waals surface area contributed by atoms with E-state index >= 15 is 0 Å². The molecule has 1 aromatic heterocycles. The molecule has 0 spiro atoms. The summed E-state index contributed by atoms with van der Waals surface area (Å²) in [7, 11) is 0. The fraction of sp³-hybridized carbons (Fsp3) is 0.133. The van der Waals surface area contributed by atoms with Gasteiger partial charge in [0.2, 0.25) is 0 Å². The van der Waals surface area contributed by atoms with Crippen molar-refractivity contribution in [2.75, 3.05) is 6.54 Å². The first-order valence-corrected chi connectivity index (χ1v) is 6.02. The van der Waals surface area contributed by atoms with Crippen molar-refractivity contribution < 1.29 is 4.52 Å². The minimum Gasteiger partial charge on any atom is -0.356 e. The van der Waals surface area contributed by atoms with Crippen LogP contribution >= 0.6 is 0 Å². The Morgan fingerprint density at radius 2 is 1.83 bits per heavy atom. The minimum atomic E-state index is 0.581. The number of aromatic nitrogens is 1. The molecule has 3 aromatic rings. The van der Waals surface area contributed by atoms with E-state index in [4.69, 9.17) is 10.3 Å². The average molecular weight is 238 g/mol. The van der Waals surface area contributed by atoms with E-state index in [-0.39, 0.29) is 0 Å². The highest BCUT2D eigenvalue weighted by Gasteiger charge is 2.08. The second-order valence-electron chi connectivity index (χ2n) is 4.24. The third-order valence-electron chi connectivity index (χ3n) is 3.03. The van der Waals surface area contributed by atoms with Crippen molar-refractivity contribution in [3.05, 3.63) is 54.2 Å². The van der Waals surface area contributed by atoms with Crippen LogP contribution in [0.25, 0.3) is 22.1 Å². The van der Waals surface area contributed by atoms with Crippen LogP contribution < -0.4 is 5.73 Å². The third kappa shape index (κ3) is 1.89. The predicted molar refractivity (Wildman–Crippen MR) is 72.2 cm³/mol. The third-order valence-corrected chi connectivity index (χ3v) is 3.03. The van der Waals surface area contributed by atoms with Gasteiger partial charge in [0.05, 0.1) is 5.69 Å². The molecular formula is C15H14N2O. The normalized spacial score (nSPS) is 10.9. The van der Waals surface area contributed by atoms with Crippen LogP contribution in [0.1, 0.15) is 5.69 Å². The lowest BCUT2D eigenvalue weighted by molar-refractivity contribution is 0.446. The molecular weight excluding hydrogens is 224 g/mol. The first kappa shape index (κ1) is 11.0. The van der Waals surface area contributed by atoms with E-state index in [0.29, 0.717) is 6.54 Å². The molecule has 3 rings (SSSR count). The summed E-state index contributed by atoms with van der Waals surface area (Å²) < 4.78 is 5.29. The van der Waals surface area contributed by atoms with Crippen molar-refractivity contribution in [2.24, 2.45) is 5.73 Å². The summed E-state index contributed by atoms with van der Waals surface area (Å²) in [5.74, 6) is 0. The topological polar surface area (TPSA) is 52.0 Å². The van der Waals surface area contributed by atoms with Crippen LogP contribution in [0.15, 0.2) is 53.1 Å². The lowest BCUT2D eigenvalue weighted by atomic mass is 10.0. The quantitative estimate of drug-likeness (QED) is 0.763. The van der Waals surface area contributed by atoms with Crippen LogP contribution in [-0.2, 0) is 6.42 Å². The molecule has 0 aliphatic carbocycles. The summed E-state index contributed by atoms with van der Waals surface area (Å²) >= 11 is 0. The summed E-state index contributed by atoms with van der Waals surface area (Å²) in [4.78, 5) is 0. The van der Waals surface area contributed by atoms with Crippen molar-refractivity contribution in [1.29, 1.82) is 0 Å². The van der Waals surface area contributed by atoms with Gasteiger partial charge in [-0.05, 0) is 29.8 Å². The monoisotopic (exact) mass is 238 g/mol. The molecule has 0 aliphatic heterocycles. The van der Waals surface area contributed by atoms with Gasteiger partial charge in [-0.25, -0.2) is 0 Å². The highest BCUT2D eigenvalue weighted by molar-refractivity contribution is 5.85. The second kappa shape index (κ2) is 4.63. The number of benzene rings is 2. The van der Waals surface area contributed by atoms with Crippen LogP contribution in [0.5, 0.6) is 0 Å². The number of fused-ring (bicyclic) bond motifs is 1. The zero-order chi connectivity index (χ0) is 12.4. The Hall–Kier alpha value is -2.13. The maximum absolute atomic E-state index is 5.58. The number of nitrogens with two attached hydrogens (primary N) is 1. The second-order valence-corrected chi connectivity index (χ2v) is 4.24. The Labute approximate surface area is 105 Å². The van der Waals surface area contributed by atoms with Crippen molar-refractivity contribution in [2.45, 2.75) is 6.42 Å². The molecule has 0 saturated carbocycles. The zero-order valence-corrected chi connectivity index (χ0v) is 9.97. The van der Waals surface area contributed by atoms with E-state index in [1.807, 2.05) is 24.3 Å². The molecule has 0 radical (unpaired) electrons. The van der Waals surface area contributed by atoms with Crippen molar-refractivity contribution in [3.63, 3.8) is 0 Å². The molecule has 0 atom stereocenters. The van der Waals surface area contributed by atoms with Gasteiger partial charge in [0.15, 0.2) is 5.58 Å². The molecule has 3 nitrogen and oxygen atoms in total. The summed E-state index contributed by atoms with van der Waals surface area (Å²) in [6.07, 6.45) is 0.741. The van der Waals surface area contributed by atoms with Gasteiger partial charge < -0.3 is 10.3 Å². The number of hydrogen-bond donors (Lipinski definition) is 1. The van der Waals surface area contributed by atoms with Crippen LogP contribution in [0.3, 0.4) is 0 Å². The molecule has 2 N–H and O–H groups in total. The molecule has 3 heteroatoms. The Balaban J connectivity index is 2.12. The van der Waals surface area contributed by atoms with Gasteiger partial charge in [0, 0.05) is 11.8 Å². The first-order chi connectivity index (χ1) is 8.88. The molecule has 0 aliphatic rings. The first-order valence-electron chi connectivity index (χ1n) is 6.02. The summed E-state index contributed by atoms with van der Waals surface area (Å²) in [6, 6.07) is 16.4. The smallest absolute Gasteiger partial charge is 0.167 e. The van der Waals surface area contributed by atoms with E-state index < -0.39 is 0 Å². The Kier molecular flexibility index (Phi) is 2.82. The number of nitrogens with zero attached hydrogens (tertiary/aromatic N) is 1. The van der Waals surface area contributed by atoms with Crippen LogP contribution in [0, 0.1) is 0 Å². The van der Waals surface area contributed by atoms with Gasteiger partial charge >= 0.3 is 0 Å². The molecule has 0 amide bonds. The van der Waals surface area contributed by atoms with Gasteiger partial charge in [0.25, 0.3) is 0 Å².